The summed E-state index contributed by atoms with van der Waals surface area (Å²) in [4.78, 5) is 37.5. The van der Waals surface area contributed by atoms with Crippen LogP contribution >= 0.6 is 0 Å². The summed E-state index contributed by atoms with van der Waals surface area (Å²) in [5.74, 6) is 1.47. The first-order valence-electron chi connectivity index (χ1n) is 14.6. The Balaban J connectivity index is 1.26. The quantitative estimate of drug-likeness (QED) is 0.224. The van der Waals surface area contributed by atoms with E-state index in [0.29, 0.717) is 48.2 Å². The normalized spacial score (nSPS) is 11.2. The van der Waals surface area contributed by atoms with Crippen LogP contribution in [0.3, 0.4) is 0 Å². The molecule has 10 nitrogen and oxygen atoms in total. The van der Waals surface area contributed by atoms with Crippen LogP contribution in [0.15, 0.2) is 91.4 Å². The van der Waals surface area contributed by atoms with Gasteiger partial charge in [-0.2, -0.15) is 4.98 Å². The highest BCUT2D eigenvalue weighted by Crippen LogP contribution is 2.30. The van der Waals surface area contributed by atoms with Crippen molar-refractivity contribution in [2.45, 2.75) is 53.0 Å². The summed E-state index contributed by atoms with van der Waals surface area (Å²) < 4.78 is 12.0. The van der Waals surface area contributed by atoms with Gasteiger partial charge in [-0.1, -0.05) is 95.6 Å². The molecule has 0 aliphatic carbocycles. The number of nitrogens with one attached hydrogen (secondary N) is 1. The van der Waals surface area contributed by atoms with Crippen molar-refractivity contribution in [3.8, 4) is 22.5 Å². The predicted molar refractivity (Wildman–Crippen MR) is 165 cm³/mol. The van der Waals surface area contributed by atoms with Crippen molar-refractivity contribution >= 4 is 0 Å². The largest absolute Gasteiger partial charge is 0.439 e. The fourth-order valence-electron chi connectivity index (χ4n) is 5.27. The lowest BCUT2D eigenvalue weighted by Crippen LogP contribution is -2.30. The number of H-pyrrole nitrogens is 1. The van der Waals surface area contributed by atoms with Gasteiger partial charge in [0.25, 0.3) is 5.56 Å². The Morgan fingerprint density at radius 2 is 1.52 bits per heavy atom. The molecule has 0 atom stereocenters. The maximum absolute atomic E-state index is 13.9. The second-order valence-electron chi connectivity index (χ2n) is 10.9. The Kier molecular flexibility index (Phi) is 8.14. The number of aryl methyl sites for hydroxylation is 3. The SMILES string of the molecule is CCCc1nc(C)c(Cc2nc(Cc3ccc(C)cc3)no2)c(=O)n1Cc1ccc(-c2ccccc2-c2noc(=O)[nH]2)cc1. The van der Waals surface area contributed by atoms with Crippen molar-refractivity contribution in [2.75, 3.05) is 0 Å². The van der Waals surface area contributed by atoms with Crippen LogP contribution in [-0.2, 0) is 25.8 Å². The molecule has 1 N–H and O–H groups in total. The molecule has 0 amide bonds. The summed E-state index contributed by atoms with van der Waals surface area (Å²) in [5.41, 5.74) is 6.93. The molecule has 3 heterocycles. The number of benzene rings is 3. The van der Waals surface area contributed by atoms with Crippen molar-refractivity contribution in [3.05, 3.63) is 139 Å². The molecule has 6 rings (SSSR count). The maximum Gasteiger partial charge on any atom is 0.439 e. The summed E-state index contributed by atoms with van der Waals surface area (Å²) in [6, 6.07) is 23.8. The molecule has 222 valence electrons. The summed E-state index contributed by atoms with van der Waals surface area (Å²) in [5, 5.41) is 7.99. The van der Waals surface area contributed by atoms with Crippen LogP contribution < -0.4 is 11.3 Å². The minimum atomic E-state index is -0.605. The highest BCUT2D eigenvalue weighted by atomic mass is 16.5. The molecule has 0 aliphatic heterocycles. The van der Waals surface area contributed by atoms with Gasteiger partial charge in [0, 0.05) is 29.7 Å². The Morgan fingerprint density at radius 3 is 2.23 bits per heavy atom. The summed E-state index contributed by atoms with van der Waals surface area (Å²) in [7, 11) is 0. The fraction of sp³-hybridized carbons (Fsp3) is 0.235. The maximum atomic E-state index is 13.9. The van der Waals surface area contributed by atoms with Crippen molar-refractivity contribution in [2.24, 2.45) is 0 Å². The van der Waals surface area contributed by atoms with Gasteiger partial charge in [0.2, 0.25) is 5.89 Å². The smallest absolute Gasteiger partial charge is 0.339 e. The number of rotatable bonds is 10. The summed E-state index contributed by atoms with van der Waals surface area (Å²) in [6.07, 6.45) is 2.30. The van der Waals surface area contributed by atoms with Crippen LogP contribution in [0.25, 0.3) is 22.5 Å². The molecule has 0 saturated heterocycles. The van der Waals surface area contributed by atoms with Gasteiger partial charge in [-0.25, -0.2) is 9.78 Å². The van der Waals surface area contributed by atoms with Gasteiger partial charge in [0.15, 0.2) is 11.6 Å². The van der Waals surface area contributed by atoms with E-state index >= 15 is 0 Å². The minimum Gasteiger partial charge on any atom is -0.339 e. The van der Waals surface area contributed by atoms with Crippen LogP contribution in [-0.4, -0.2) is 29.8 Å². The average molecular weight is 589 g/mol. The van der Waals surface area contributed by atoms with Gasteiger partial charge in [0.05, 0.1) is 13.0 Å². The van der Waals surface area contributed by atoms with E-state index in [2.05, 4.69) is 51.5 Å². The average Bonchev–Trinajstić information content (AvgIpc) is 3.67. The zero-order chi connectivity index (χ0) is 30.6. The van der Waals surface area contributed by atoms with E-state index in [0.717, 1.165) is 40.1 Å². The molecule has 0 saturated carbocycles. The Bertz CT molecular complexity index is 2020. The second-order valence-corrected chi connectivity index (χ2v) is 10.9. The topological polar surface area (TPSA) is 133 Å². The Hall–Kier alpha value is -5.38. The highest BCUT2D eigenvalue weighted by molar-refractivity contribution is 5.80. The fourth-order valence-corrected chi connectivity index (χ4v) is 5.27. The lowest BCUT2D eigenvalue weighted by Gasteiger charge is -2.16. The standard InChI is InChI=1S/C34H32N6O4/c1-4-7-30-35-22(3)28(19-31-36-29(38-43-31)18-23-12-10-21(2)11-13-23)33(41)40(30)20-24-14-16-25(17-15-24)26-8-5-6-9-27(26)32-37-34(42)44-39-32/h5-6,8-17H,4,7,18-20H2,1-3H3,(H,37,39,42). The molecule has 6 aromatic rings. The molecule has 0 unspecified atom stereocenters. The van der Waals surface area contributed by atoms with Crippen LogP contribution in [0.2, 0.25) is 0 Å². The monoisotopic (exact) mass is 588 g/mol. The number of nitrogens with zero attached hydrogens (tertiary/aromatic N) is 5. The number of hydrogen-bond donors (Lipinski definition) is 1. The minimum absolute atomic E-state index is 0.108. The first-order valence-corrected chi connectivity index (χ1v) is 14.6. The van der Waals surface area contributed by atoms with Gasteiger partial charge in [-0.15, -0.1) is 0 Å². The molecule has 3 aromatic heterocycles. The number of aromatic amines is 1. The molecule has 44 heavy (non-hydrogen) atoms. The van der Waals surface area contributed by atoms with Crippen LogP contribution in [0.5, 0.6) is 0 Å². The first kappa shape index (κ1) is 28.7. The Morgan fingerprint density at radius 1 is 0.795 bits per heavy atom. The molecule has 0 spiro atoms. The van der Waals surface area contributed by atoms with Crippen molar-refractivity contribution in [3.63, 3.8) is 0 Å². The van der Waals surface area contributed by atoms with E-state index in [4.69, 9.17) is 14.0 Å². The number of aromatic nitrogens is 6. The summed E-state index contributed by atoms with van der Waals surface area (Å²) in [6.45, 7) is 6.35. The third-order valence-electron chi connectivity index (χ3n) is 7.57. The third kappa shape index (κ3) is 6.19. The van der Waals surface area contributed by atoms with Gasteiger partial charge < -0.3 is 4.52 Å². The summed E-state index contributed by atoms with van der Waals surface area (Å²) >= 11 is 0. The van der Waals surface area contributed by atoms with Crippen molar-refractivity contribution in [1.82, 2.24) is 29.8 Å². The number of hydrogen-bond acceptors (Lipinski definition) is 8. The van der Waals surface area contributed by atoms with Crippen LogP contribution in [0.1, 0.15) is 58.8 Å². The van der Waals surface area contributed by atoms with Gasteiger partial charge >= 0.3 is 5.76 Å². The molecule has 3 aromatic carbocycles. The van der Waals surface area contributed by atoms with E-state index in [9.17, 15) is 9.59 Å². The molecule has 0 fully saturated rings. The second kappa shape index (κ2) is 12.5. The molecule has 0 bridgehead atoms. The molecular weight excluding hydrogens is 556 g/mol. The predicted octanol–water partition coefficient (Wildman–Crippen LogP) is 5.44. The van der Waals surface area contributed by atoms with Crippen LogP contribution in [0, 0.1) is 13.8 Å². The molecular formula is C34H32N6O4. The van der Waals surface area contributed by atoms with Gasteiger partial charge in [0.1, 0.15) is 5.82 Å². The third-order valence-corrected chi connectivity index (χ3v) is 7.57. The van der Waals surface area contributed by atoms with E-state index in [1.54, 1.807) is 4.57 Å². The van der Waals surface area contributed by atoms with Crippen molar-refractivity contribution < 1.29 is 9.05 Å². The van der Waals surface area contributed by atoms with E-state index in [1.807, 2.05) is 62.4 Å². The molecule has 0 radical (unpaired) electrons. The lowest BCUT2D eigenvalue weighted by molar-refractivity contribution is 0.379. The van der Waals surface area contributed by atoms with Crippen molar-refractivity contribution in [1.29, 1.82) is 0 Å². The van der Waals surface area contributed by atoms with Gasteiger partial charge in [-0.3, -0.25) is 18.9 Å². The zero-order valence-electron chi connectivity index (χ0n) is 24.8. The molecule has 10 heteroatoms. The van der Waals surface area contributed by atoms with E-state index in [-0.39, 0.29) is 12.0 Å². The highest BCUT2D eigenvalue weighted by Gasteiger charge is 2.18. The zero-order valence-corrected chi connectivity index (χ0v) is 24.8. The Labute approximate surface area is 253 Å². The lowest BCUT2D eigenvalue weighted by atomic mass is 9.98. The first-order chi connectivity index (χ1) is 21.4. The van der Waals surface area contributed by atoms with E-state index < -0.39 is 5.76 Å². The van der Waals surface area contributed by atoms with E-state index in [1.165, 1.54) is 5.56 Å². The van der Waals surface area contributed by atoms with Gasteiger partial charge in [-0.05, 0) is 42.5 Å². The van der Waals surface area contributed by atoms with Crippen LogP contribution in [0.4, 0.5) is 0 Å². The molecule has 0 aliphatic rings.